The first-order valence-electron chi connectivity index (χ1n) is 19.2. The number of anilines is 3. The maximum absolute atomic E-state index is 13.7. The Morgan fingerprint density at radius 1 is 0.522 bits per heavy atom. The fourth-order valence-electron chi connectivity index (χ4n) is 7.53. The number of phosphoric ester groups is 2. The van der Waals surface area contributed by atoms with Crippen LogP contribution in [0, 0.1) is 0 Å². The van der Waals surface area contributed by atoms with Crippen molar-refractivity contribution < 1.29 is 86.0 Å². The maximum atomic E-state index is 13.7. The Labute approximate surface area is 377 Å². The van der Waals surface area contributed by atoms with Gasteiger partial charge in [0.05, 0.1) is 38.8 Å². The lowest BCUT2D eigenvalue weighted by atomic mass is 10.1. The molecular weight excluding hydrogens is 983 g/mol. The molecule has 0 radical (unpaired) electrons. The van der Waals surface area contributed by atoms with E-state index in [1.807, 2.05) is 0 Å². The van der Waals surface area contributed by atoms with Gasteiger partial charge in [-0.25, -0.2) is 54.0 Å². The first kappa shape index (κ1) is 47.6. The molecule has 0 bridgehead atoms. The predicted octanol–water partition coefficient (Wildman–Crippen LogP) is -3.38. The Morgan fingerprint density at radius 2 is 0.866 bits per heavy atom. The molecule has 0 saturated carbocycles. The Kier molecular flexibility index (Phi) is 12.9. The number of phosphoric acid groups is 2. The van der Waals surface area contributed by atoms with Gasteiger partial charge >= 0.3 is 22.4 Å². The van der Waals surface area contributed by atoms with Gasteiger partial charge in [0.2, 0.25) is 0 Å². The number of rotatable bonds is 16. The summed E-state index contributed by atoms with van der Waals surface area (Å²) in [6, 6.07) is 0. The summed E-state index contributed by atoms with van der Waals surface area (Å²) in [6.45, 7) is -6.88. The van der Waals surface area contributed by atoms with Gasteiger partial charge in [-0.1, -0.05) is 0 Å². The van der Waals surface area contributed by atoms with Crippen LogP contribution in [0.2, 0.25) is 0 Å². The average Bonchev–Trinajstić information content (AvgIpc) is 4.13. The molecule has 67 heavy (non-hydrogen) atoms. The molecule has 37 heteroatoms. The van der Waals surface area contributed by atoms with Crippen molar-refractivity contribution in [3.63, 3.8) is 0 Å². The topological polar surface area (TPSA) is 479 Å². The van der Waals surface area contributed by atoms with Crippen molar-refractivity contribution in [1.82, 2.24) is 58.6 Å². The van der Waals surface area contributed by atoms with Gasteiger partial charge in [-0.2, -0.15) is 0 Å². The van der Waals surface area contributed by atoms with Crippen LogP contribution in [0.25, 0.3) is 33.5 Å². The lowest BCUT2D eigenvalue weighted by Crippen LogP contribution is -2.37. The quantitative estimate of drug-likeness (QED) is 0.0421. The number of nitrogens with two attached hydrogens (primary N) is 3. The van der Waals surface area contributed by atoms with Crippen LogP contribution in [-0.2, 0) is 57.8 Å². The van der Waals surface area contributed by atoms with E-state index in [4.69, 9.17) is 54.0 Å². The highest BCUT2D eigenvalue weighted by atomic mass is 32.5. The SMILES string of the molecule is Nc1ncnc2c1ncn2C1OC(COP(=O)(O)OC2C(O)C(COP(=O)(O)OC3C(O)C(COP(O)(O)=S)OC3n3cnc4c(N)ncnc43)OC2n2cnc3c(N)ncnc32)C(O)C1O. The number of hydrogen-bond acceptors (Lipinski definition) is 27. The molecule has 362 valence electrons. The lowest BCUT2D eigenvalue weighted by molar-refractivity contribution is -0.0643. The van der Waals surface area contributed by atoms with Crippen molar-refractivity contribution in [2.45, 2.75) is 73.6 Å². The minimum atomic E-state index is -5.38. The number of fused-ring (bicyclic) bond motifs is 3. The molecule has 14 N–H and O–H groups in total. The molecule has 33 nitrogen and oxygen atoms in total. The molecule has 0 amide bonds. The van der Waals surface area contributed by atoms with E-state index in [0.717, 1.165) is 36.2 Å². The van der Waals surface area contributed by atoms with Gasteiger partial charge in [-0.3, -0.25) is 31.8 Å². The Morgan fingerprint density at radius 3 is 1.25 bits per heavy atom. The van der Waals surface area contributed by atoms with Crippen LogP contribution >= 0.6 is 22.4 Å². The fraction of sp³-hybridized carbons (Fsp3) is 0.500. The second kappa shape index (κ2) is 18.1. The van der Waals surface area contributed by atoms with E-state index >= 15 is 0 Å². The van der Waals surface area contributed by atoms with Crippen LogP contribution in [0.1, 0.15) is 18.7 Å². The van der Waals surface area contributed by atoms with Gasteiger partial charge in [0.15, 0.2) is 53.1 Å². The summed E-state index contributed by atoms with van der Waals surface area (Å²) < 4.78 is 74.7. The number of aliphatic hydroxyl groups is 4. The van der Waals surface area contributed by atoms with Crippen LogP contribution in [0.4, 0.5) is 17.5 Å². The van der Waals surface area contributed by atoms with Gasteiger partial charge in [-0.15, -0.1) is 0 Å². The molecular formula is C30H38N15O18P3S. The molecule has 3 aliphatic heterocycles. The highest BCUT2D eigenvalue weighted by Gasteiger charge is 2.53. The van der Waals surface area contributed by atoms with E-state index in [1.54, 1.807) is 0 Å². The normalized spacial score (nSPS) is 31.0. The first-order chi connectivity index (χ1) is 31.7. The summed E-state index contributed by atoms with van der Waals surface area (Å²) in [5.41, 5.74) is 18.2. The standard InChI is InChI=1S/C30H38N15O18P3S/c31-22-13-25(37-4-34-22)43(7-40-13)28-19(49)16(46)10(59-28)1-56-64(50,51)62-20-17(47)11(60-29(20)44-8-41-14-23(32)35-5-38-26(14)44)2-57-65(52,53)63-21-18(48)12(3-58-66(54,55)67)61-30(21)45-9-42-15-24(33)36-6-39-27(15)45/h4-12,16-21,28-30,46-49H,1-3H2,(H,50,51)(H,52,53)(H2,31,34,37)(H2,32,35,38)(H2,33,36,39)(H2,54,55,67). The fourth-order valence-corrected chi connectivity index (χ4v) is 9.92. The zero-order chi connectivity index (χ0) is 47.7. The minimum Gasteiger partial charge on any atom is -0.387 e. The monoisotopic (exact) mass is 1020 g/mol. The third-order valence-corrected chi connectivity index (χ3v) is 13.4. The third kappa shape index (κ3) is 9.37. The summed E-state index contributed by atoms with van der Waals surface area (Å²) in [7, 11) is -10.7. The highest BCUT2D eigenvalue weighted by molar-refractivity contribution is 8.06. The number of aliphatic hydroxyl groups excluding tert-OH is 4. The summed E-state index contributed by atoms with van der Waals surface area (Å²) in [5.74, 6) is -0.0919. The first-order valence-corrected chi connectivity index (χ1v) is 24.8. The van der Waals surface area contributed by atoms with Crippen LogP contribution in [0.5, 0.6) is 0 Å². The Bertz CT molecular complexity index is 2950. The van der Waals surface area contributed by atoms with Gasteiger partial charge in [0.25, 0.3) is 0 Å². The van der Waals surface area contributed by atoms with Crippen molar-refractivity contribution in [3.05, 3.63) is 38.0 Å². The van der Waals surface area contributed by atoms with Gasteiger partial charge in [0, 0.05) is 0 Å². The van der Waals surface area contributed by atoms with Crippen LogP contribution < -0.4 is 17.2 Å². The van der Waals surface area contributed by atoms with E-state index in [9.17, 15) is 49.1 Å². The van der Waals surface area contributed by atoms with Crippen molar-refractivity contribution >= 4 is 85.1 Å². The molecule has 14 unspecified atom stereocenters. The van der Waals surface area contributed by atoms with Crippen molar-refractivity contribution in [1.29, 1.82) is 0 Å². The van der Waals surface area contributed by atoms with Gasteiger partial charge in [-0.05, 0) is 11.8 Å². The molecule has 0 aromatic carbocycles. The van der Waals surface area contributed by atoms with Gasteiger partial charge < -0.3 is 75.9 Å². The zero-order valence-electron chi connectivity index (χ0n) is 33.5. The molecule has 3 fully saturated rings. The van der Waals surface area contributed by atoms with Crippen molar-refractivity contribution in [2.75, 3.05) is 37.0 Å². The number of imidazole rings is 3. The lowest BCUT2D eigenvalue weighted by Gasteiger charge is -2.25. The van der Waals surface area contributed by atoms with Crippen LogP contribution in [0.15, 0.2) is 38.0 Å². The Hall–Kier alpha value is -4.48. The number of aromatic nitrogens is 12. The number of hydrogen-bond donors (Lipinski definition) is 11. The van der Waals surface area contributed by atoms with Crippen molar-refractivity contribution in [2.24, 2.45) is 0 Å². The third-order valence-electron chi connectivity index (χ3n) is 10.7. The smallest absolute Gasteiger partial charge is 0.387 e. The van der Waals surface area contributed by atoms with Crippen LogP contribution in [0.3, 0.4) is 0 Å². The predicted molar refractivity (Wildman–Crippen MR) is 221 cm³/mol. The molecule has 9 rings (SSSR count). The maximum Gasteiger partial charge on any atom is 0.472 e. The van der Waals surface area contributed by atoms with E-state index in [-0.39, 0.29) is 50.9 Å². The molecule has 6 aromatic rings. The van der Waals surface area contributed by atoms with Gasteiger partial charge in [0.1, 0.15) is 90.5 Å². The summed E-state index contributed by atoms with van der Waals surface area (Å²) in [5, 5.41) is 44.5. The number of nitrogens with zero attached hydrogens (tertiary/aromatic N) is 12. The molecule has 6 aromatic heterocycles. The zero-order valence-corrected chi connectivity index (χ0v) is 37.0. The molecule has 9 heterocycles. The summed E-state index contributed by atoms with van der Waals surface area (Å²) in [4.78, 5) is 77.6. The second-order valence-electron chi connectivity index (χ2n) is 14.9. The molecule has 14 atom stereocenters. The highest BCUT2D eigenvalue weighted by Crippen LogP contribution is 2.53. The largest absolute Gasteiger partial charge is 0.472 e. The van der Waals surface area contributed by atoms with E-state index in [1.165, 1.54) is 15.5 Å². The second-order valence-corrected chi connectivity index (χ2v) is 20.3. The summed E-state index contributed by atoms with van der Waals surface area (Å²) >= 11 is 4.49. The van der Waals surface area contributed by atoms with E-state index in [2.05, 4.69) is 56.7 Å². The number of ether oxygens (including phenoxy) is 3. The molecule has 3 saturated heterocycles. The number of nitrogen functional groups attached to an aromatic ring is 3. The Balaban J connectivity index is 0.918. The van der Waals surface area contributed by atoms with E-state index < -0.39 is 116 Å². The molecule has 0 spiro atoms. The molecule has 3 aliphatic rings. The minimum absolute atomic E-state index is 0.0112. The van der Waals surface area contributed by atoms with Crippen LogP contribution in [-0.4, -0.2) is 173 Å². The summed E-state index contributed by atoms with van der Waals surface area (Å²) in [6.07, 6.45) is -13.2. The molecule has 0 aliphatic carbocycles. The van der Waals surface area contributed by atoms with Crippen molar-refractivity contribution in [3.8, 4) is 0 Å². The average molecular weight is 1020 g/mol. The van der Waals surface area contributed by atoms with E-state index in [0.29, 0.717) is 0 Å².